The Labute approximate surface area is 121 Å². The molecule has 1 atom stereocenters. The molecule has 4 heteroatoms. The molecule has 0 N–H and O–H groups in total. The highest BCUT2D eigenvalue weighted by Crippen LogP contribution is 2.67. The van der Waals surface area contributed by atoms with Gasteiger partial charge in [0.15, 0.2) is 0 Å². The molecule has 0 heterocycles. The summed E-state index contributed by atoms with van der Waals surface area (Å²) < 4.78 is 0. The van der Waals surface area contributed by atoms with E-state index in [1.165, 1.54) is 19.4 Å². The highest BCUT2D eigenvalue weighted by Gasteiger charge is 2.37. The second-order valence-electron chi connectivity index (χ2n) is 8.17. The Morgan fingerprint density at radius 3 is 1.56 bits per heavy atom. The molecule has 0 aromatic heterocycles. The maximum absolute atomic E-state index is 2.54. The summed E-state index contributed by atoms with van der Waals surface area (Å²) in [6, 6.07) is 0. The lowest BCUT2D eigenvalue weighted by Gasteiger charge is -2.46. The molecule has 0 radical (unpaired) electrons. The van der Waals surface area contributed by atoms with Crippen molar-refractivity contribution in [3.05, 3.63) is 0 Å². The predicted octanol–water partition coefficient (Wildman–Crippen LogP) is 4.32. The summed E-state index contributed by atoms with van der Waals surface area (Å²) in [5.74, 6) is 1.48. The highest BCUT2D eigenvalue weighted by molar-refractivity contribution is 7.76. The predicted molar refractivity (Wildman–Crippen MR) is 98.7 cm³/mol. The molecule has 0 aromatic carbocycles. The van der Waals surface area contributed by atoms with Gasteiger partial charge in [0.05, 0.1) is 14.9 Å². The molecular formula is C14H34B2P2. The SMILES string of the molecule is BBCC(C)(C)P(C)CP(C(C)(C)C)C(C)(C)C. The van der Waals surface area contributed by atoms with Crippen molar-refractivity contribution in [3.63, 3.8) is 0 Å². The molecule has 18 heavy (non-hydrogen) atoms. The second-order valence-corrected chi connectivity index (χ2v) is 15.4. The van der Waals surface area contributed by atoms with Crippen LogP contribution in [0.3, 0.4) is 0 Å². The minimum Gasteiger partial charge on any atom is -0.100 e. The van der Waals surface area contributed by atoms with Gasteiger partial charge in [0.2, 0.25) is 0 Å². The molecule has 0 saturated heterocycles. The molecule has 1 unspecified atom stereocenters. The van der Waals surface area contributed by atoms with Gasteiger partial charge in [-0.05, 0) is 28.0 Å². The minimum atomic E-state index is 0.0716. The van der Waals surface area contributed by atoms with Crippen LogP contribution in [0.25, 0.3) is 0 Å². The molecular weight excluding hydrogens is 252 g/mol. The molecule has 0 aliphatic heterocycles. The van der Waals surface area contributed by atoms with E-state index in [2.05, 4.69) is 69.8 Å². The summed E-state index contributed by atoms with van der Waals surface area (Å²) >= 11 is 0. The van der Waals surface area contributed by atoms with Gasteiger partial charge in [-0.25, -0.2) is 0 Å². The van der Waals surface area contributed by atoms with Crippen molar-refractivity contribution >= 4 is 30.8 Å². The Hall–Kier alpha value is 0.990. The van der Waals surface area contributed by atoms with Crippen LogP contribution in [-0.4, -0.2) is 42.9 Å². The first-order valence-corrected chi connectivity index (χ1v) is 10.8. The van der Waals surface area contributed by atoms with Gasteiger partial charge < -0.3 is 0 Å². The number of rotatable bonds is 5. The Kier molecular flexibility index (Phi) is 6.99. The molecule has 0 aliphatic carbocycles. The normalized spacial score (nSPS) is 15.9. The summed E-state index contributed by atoms with van der Waals surface area (Å²) in [6.45, 7) is 22.2. The molecule has 0 aliphatic rings. The van der Waals surface area contributed by atoms with Crippen LogP contribution in [-0.2, 0) is 0 Å². The zero-order chi connectivity index (χ0) is 14.8. The van der Waals surface area contributed by atoms with Gasteiger partial charge in [0, 0.05) is 0 Å². The quantitative estimate of drug-likeness (QED) is 0.521. The van der Waals surface area contributed by atoms with Crippen LogP contribution in [0.5, 0.6) is 0 Å². The van der Waals surface area contributed by atoms with Crippen LogP contribution in [0.2, 0.25) is 6.32 Å². The lowest BCUT2D eigenvalue weighted by Crippen LogP contribution is -2.28. The average molecular weight is 286 g/mol. The van der Waals surface area contributed by atoms with Gasteiger partial charge in [-0.2, -0.15) is 0 Å². The molecule has 0 aromatic rings. The summed E-state index contributed by atoms with van der Waals surface area (Å²) in [5.41, 5.74) is 0. The van der Waals surface area contributed by atoms with Crippen molar-refractivity contribution in [1.29, 1.82) is 0 Å². The molecule has 0 rings (SSSR count). The van der Waals surface area contributed by atoms with Crippen LogP contribution >= 0.6 is 15.8 Å². The molecule has 0 saturated carbocycles. The van der Waals surface area contributed by atoms with Crippen LogP contribution in [0.15, 0.2) is 0 Å². The van der Waals surface area contributed by atoms with Crippen molar-refractivity contribution < 1.29 is 0 Å². The van der Waals surface area contributed by atoms with Crippen molar-refractivity contribution in [2.24, 2.45) is 0 Å². The van der Waals surface area contributed by atoms with E-state index in [4.69, 9.17) is 0 Å². The van der Waals surface area contributed by atoms with Gasteiger partial charge in [-0.3, -0.25) is 0 Å². The third-order valence-corrected chi connectivity index (χ3v) is 12.2. The van der Waals surface area contributed by atoms with E-state index in [0.717, 1.165) is 0 Å². The molecule has 0 spiro atoms. The first kappa shape index (κ1) is 19.0. The summed E-state index contributed by atoms with van der Waals surface area (Å²) in [5, 5.41) is 1.51. The largest absolute Gasteiger partial charge is 0.100 e. The van der Waals surface area contributed by atoms with Crippen LogP contribution in [0.4, 0.5) is 0 Å². The van der Waals surface area contributed by atoms with E-state index in [-0.39, 0.29) is 15.8 Å². The molecule has 0 nitrogen and oxygen atoms in total. The topological polar surface area (TPSA) is 0 Å². The van der Waals surface area contributed by atoms with E-state index >= 15 is 0 Å². The van der Waals surface area contributed by atoms with Crippen molar-refractivity contribution in [2.75, 3.05) is 12.6 Å². The summed E-state index contributed by atoms with van der Waals surface area (Å²) in [6.07, 6.45) is 1.38. The Balaban J connectivity index is 4.91. The van der Waals surface area contributed by atoms with Crippen LogP contribution < -0.4 is 0 Å². The van der Waals surface area contributed by atoms with Crippen molar-refractivity contribution in [1.82, 2.24) is 0 Å². The smallest absolute Gasteiger partial charge is 0.0832 e. The van der Waals surface area contributed by atoms with E-state index in [9.17, 15) is 0 Å². The van der Waals surface area contributed by atoms with Crippen molar-refractivity contribution in [3.8, 4) is 0 Å². The Bertz CT molecular complexity index is 238. The minimum absolute atomic E-state index is 0.0716. The Morgan fingerprint density at radius 1 is 0.889 bits per heavy atom. The number of hydrogen-bond acceptors (Lipinski definition) is 0. The van der Waals surface area contributed by atoms with Crippen LogP contribution in [0, 0.1) is 0 Å². The van der Waals surface area contributed by atoms with Gasteiger partial charge >= 0.3 is 0 Å². The third-order valence-electron chi connectivity index (χ3n) is 3.87. The maximum atomic E-state index is 2.54. The van der Waals surface area contributed by atoms with E-state index < -0.39 is 0 Å². The van der Waals surface area contributed by atoms with Gasteiger partial charge in [0.25, 0.3) is 0 Å². The van der Waals surface area contributed by atoms with Gasteiger partial charge in [-0.1, -0.05) is 69.6 Å². The standard InChI is InChI=1S/C14H34B2P2/c1-12(2,3)18(13(4,5)6)11-17(9)14(7,8)10-16-15/h16H,10-11,15H2,1-9H3. The van der Waals surface area contributed by atoms with E-state index in [1.807, 2.05) is 0 Å². The van der Waals surface area contributed by atoms with Gasteiger partial charge in [-0.15, -0.1) is 7.92 Å². The molecule has 0 fully saturated rings. The van der Waals surface area contributed by atoms with Crippen LogP contribution in [0.1, 0.15) is 55.4 Å². The fraction of sp³-hybridized carbons (Fsp3) is 1.00. The summed E-state index contributed by atoms with van der Waals surface area (Å²) in [7, 11) is 3.85. The zero-order valence-electron chi connectivity index (χ0n) is 14.5. The third kappa shape index (κ3) is 5.96. The summed E-state index contributed by atoms with van der Waals surface area (Å²) in [4.78, 5) is 0. The van der Waals surface area contributed by atoms with E-state index in [1.54, 1.807) is 0 Å². The number of hydrogen-bond donors (Lipinski definition) is 0. The monoisotopic (exact) mass is 286 g/mol. The molecule has 106 valence electrons. The first-order chi connectivity index (χ1) is 7.82. The molecule has 0 amide bonds. The fourth-order valence-corrected chi connectivity index (χ4v) is 11.9. The first-order valence-electron chi connectivity index (χ1n) is 7.31. The average Bonchev–Trinajstić information content (AvgIpc) is 2.09. The zero-order valence-corrected chi connectivity index (χ0v) is 16.3. The lowest BCUT2D eigenvalue weighted by atomic mass is 9.51. The second kappa shape index (κ2) is 6.63. The fourth-order valence-electron chi connectivity index (χ4n) is 2.64. The highest BCUT2D eigenvalue weighted by atomic mass is 31.2. The Morgan fingerprint density at radius 2 is 1.28 bits per heavy atom. The maximum Gasteiger partial charge on any atom is 0.0832 e. The van der Waals surface area contributed by atoms with Gasteiger partial charge in [0.1, 0.15) is 0 Å². The van der Waals surface area contributed by atoms with E-state index in [0.29, 0.717) is 15.5 Å². The van der Waals surface area contributed by atoms with Crippen molar-refractivity contribution in [2.45, 2.75) is 77.2 Å². The molecule has 0 bridgehead atoms. The lowest BCUT2D eigenvalue weighted by molar-refractivity contribution is 0.708.